The van der Waals surface area contributed by atoms with Gasteiger partial charge < -0.3 is 29.5 Å². The summed E-state index contributed by atoms with van der Waals surface area (Å²) in [6.45, 7) is 6.41. The average Bonchev–Trinajstić information content (AvgIpc) is 3.29. The first-order chi connectivity index (χ1) is 17.6. The fourth-order valence-electron chi connectivity index (χ4n) is 3.73. The predicted octanol–water partition coefficient (Wildman–Crippen LogP) is 5.92. The number of pyridine rings is 1. The van der Waals surface area contributed by atoms with E-state index in [1.165, 1.54) is 24.4 Å². The van der Waals surface area contributed by atoms with Crippen LogP contribution in [0.1, 0.15) is 37.6 Å². The Kier molecular flexibility index (Phi) is 7.47. The molecule has 0 spiro atoms. The maximum atomic E-state index is 13.3. The third kappa shape index (κ3) is 7.09. The predicted molar refractivity (Wildman–Crippen MR) is 134 cm³/mol. The Morgan fingerprint density at radius 2 is 1.76 bits per heavy atom. The molecule has 1 saturated heterocycles. The number of nitrogens with one attached hydrogen (secondary N) is 1. The highest BCUT2D eigenvalue weighted by Crippen LogP contribution is 2.29. The molecule has 1 aromatic heterocycles. The maximum Gasteiger partial charge on any atom is 0.410 e. The van der Waals surface area contributed by atoms with Crippen molar-refractivity contribution in [2.45, 2.75) is 38.8 Å². The number of aromatic carboxylic acids is 1. The summed E-state index contributed by atoms with van der Waals surface area (Å²) in [6.07, 6.45) is 1.79. The number of rotatable bonds is 7. The van der Waals surface area contributed by atoms with Gasteiger partial charge in [-0.2, -0.15) is 0 Å². The van der Waals surface area contributed by atoms with Crippen LogP contribution in [0.2, 0.25) is 0 Å². The monoisotopic (exact) mass is 509 g/mol. The number of anilines is 1. The number of carboxylic acids is 1. The van der Waals surface area contributed by atoms with Crippen molar-refractivity contribution in [3.05, 3.63) is 72.2 Å². The van der Waals surface area contributed by atoms with Gasteiger partial charge in [0.2, 0.25) is 5.88 Å². The lowest BCUT2D eigenvalue weighted by Gasteiger charge is -2.24. The lowest BCUT2D eigenvalue weighted by Crippen LogP contribution is -2.36. The molecule has 1 aliphatic heterocycles. The number of amides is 1. The van der Waals surface area contributed by atoms with E-state index in [4.69, 9.17) is 14.2 Å². The molecule has 9 nitrogen and oxygen atoms in total. The van der Waals surface area contributed by atoms with Gasteiger partial charge in [-0.1, -0.05) is 6.07 Å². The zero-order chi connectivity index (χ0) is 26.6. The number of benzene rings is 2. The molecule has 0 saturated carbocycles. The molecule has 0 radical (unpaired) electrons. The van der Waals surface area contributed by atoms with Gasteiger partial charge in [0.15, 0.2) is 0 Å². The Hall–Kier alpha value is -4.34. The van der Waals surface area contributed by atoms with Crippen LogP contribution in [-0.2, 0) is 4.74 Å². The second-order valence-electron chi connectivity index (χ2n) is 9.57. The summed E-state index contributed by atoms with van der Waals surface area (Å²) in [5, 5.41) is 13.0. The molecule has 2 heterocycles. The molecule has 1 amide bonds. The maximum absolute atomic E-state index is 13.3. The van der Waals surface area contributed by atoms with Gasteiger partial charge in [0.05, 0.1) is 11.9 Å². The third-order valence-corrected chi connectivity index (χ3v) is 5.36. The van der Waals surface area contributed by atoms with Crippen molar-refractivity contribution in [3.8, 4) is 23.1 Å². The van der Waals surface area contributed by atoms with Gasteiger partial charge in [-0.05, 0) is 69.7 Å². The summed E-state index contributed by atoms with van der Waals surface area (Å²) >= 11 is 0. The Labute approximate surface area is 213 Å². The molecule has 3 aromatic rings. The van der Waals surface area contributed by atoms with Crippen LogP contribution in [0.4, 0.5) is 14.9 Å². The summed E-state index contributed by atoms with van der Waals surface area (Å²) in [5.74, 6) is -0.510. The standard InChI is InChI=1S/C27H28FN3O6/c1-27(2,3)37-26(34)31-12-11-18(16-31)30-19-14-23(25(32)33)24(29-15-19)36-21-9-7-20(8-10-21)35-22-6-4-5-17(28)13-22/h4-10,13-15,18,30H,11-12,16H2,1-3H3,(H,32,33). The quantitative estimate of drug-likeness (QED) is 0.404. The molecule has 1 unspecified atom stereocenters. The van der Waals surface area contributed by atoms with Gasteiger partial charge in [0.1, 0.15) is 34.2 Å². The number of carboxylic acid groups (broad SMARTS) is 1. The van der Waals surface area contributed by atoms with E-state index in [1.807, 2.05) is 20.8 Å². The van der Waals surface area contributed by atoms with Crippen molar-refractivity contribution >= 4 is 17.7 Å². The van der Waals surface area contributed by atoms with Crippen molar-refractivity contribution in [1.29, 1.82) is 0 Å². The first kappa shape index (κ1) is 25.7. The fraction of sp³-hybridized carbons (Fsp3) is 0.296. The van der Waals surface area contributed by atoms with Gasteiger partial charge >= 0.3 is 12.1 Å². The molecule has 2 aromatic carbocycles. The summed E-state index contributed by atoms with van der Waals surface area (Å²) in [7, 11) is 0. The largest absolute Gasteiger partial charge is 0.477 e. The smallest absolute Gasteiger partial charge is 0.410 e. The van der Waals surface area contributed by atoms with Crippen LogP contribution >= 0.6 is 0 Å². The highest BCUT2D eigenvalue weighted by Gasteiger charge is 2.30. The average molecular weight is 510 g/mol. The Morgan fingerprint density at radius 3 is 2.41 bits per heavy atom. The highest BCUT2D eigenvalue weighted by molar-refractivity contribution is 5.91. The number of nitrogens with zero attached hydrogens (tertiary/aromatic N) is 2. The van der Waals surface area contributed by atoms with Crippen LogP contribution in [-0.4, -0.2) is 51.8 Å². The highest BCUT2D eigenvalue weighted by atomic mass is 19.1. The van der Waals surface area contributed by atoms with Crippen molar-refractivity contribution in [1.82, 2.24) is 9.88 Å². The Bertz CT molecular complexity index is 1280. The van der Waals surface area contributed by atoms with Crippen LogP contribution < -0.4 is 14.8 Å². The zero-order valence-electron chi connectivity index (χ0n) is 20.7. The van der Waals surface area contributed by atoms with Gasteiger partial charge in [0, 0.05) is 25.2 Å². The summed E-state index contributed by atoms with van der Waals surface area (Å²) in [6, 6.07) is 13.6. The molecule has 2 N–H and O–H groups in total. The van der Waals surface area contributed by atoms with E-state index >= 15 is 0 Å². The number of hydrogen-bond donors (Lipinski definition) is 2. The van der Waals surface area contributed by atoms with Crippen LogP contribution in [0.5, 0.6) is 23.1 Å². The van der Waals surface area contributed by atoms with E-state index in [-0.39, 0.29) is 23.6 Å². The molecule has 1 atom stereocenters. The molecule has 194 valence electrons. The first-order valence-electron chi connectivity index (χ1n) is 11.7. The lowest BCUT2D eigenvalue weighted by atomic mass is 10.2. The van der Waals surface area contributed by atoms with Crippen molar-refractivity contribution in [3.63, 3.8) is 0 Å². The molecule has 0 bridgehead atoms. The van der Waals surface area contributed by atoms with Crippen molar-refractivity contribution in [2.24, 2.45) is 0 Å². The number of likely N-dealkylation sites (tertiary alicyclic amines) is 1. The molecule has 1 aliphatic rings. The zero-order valence-corrected chi connectivity index (χ0v) is 20.7. The second-order valence-corrected chi connectivity index (χ2v) is 9.57. The normalized spacial score (nSPS) is 15.2. The van der Waals surface area contributed by atoms with E-state index in [1.54, 1.807) is 41.3 Å². The number of ether oxygens (including phenoxy) is 3. The summed E-state index contributed by atoms with van der Waals surface area (Å²) < 4.78 is 30.1. The minimum atomic E-state index is -1.20. The van der Waals surface area contributed by atoms with Crippen molar-refractivity contribution in [2.75, 3.05) is 18.4 Å². The van der Waals surface area contributed by atoms with E-state index in [9.17, 15) is 19.1 Å². The number of halogens is 1. The van der Waals surface area contributed by atoms with E-state index < -0.39 is 17.4 Å². The molecular formula is C27H28FN3O6. The van der Waals surface area contributed by atoms with Gasteiger partial charge in [0.25, 0.3) is 0 Å². The summed E-state index contributed by atoms with van der Waals surface area (Å²) in [5.41, 5.74) is -0.195. The molecule has 37 heavy (non-hydrogen) atoms. The molecular weight excluding hydrogens is 481 g/mol. The van der Waals surface area contributed by atoms with Crippen LogP contribution in [0.25, 0.3) is 0 Å². The topological polar surface area (TPSA) is 110 Å². The number of carbonyl (C=O) groups excluding carboxylic acids is 1. The number of hydrogen-bond acceptors (Lipinski definition) is 7. The van der Waals surface area contributed by atoms with E-state index in [2.05, 4.69) is 10.3 Å². The first-order valence-corrected chi connectivity index (χ1v) is 11.7. The van der Waals surface area contributed by atoms with Gasteiger partial charge in [-0.3, -0.25) is 0 Å². The second kappa shape index (κ2) is 10.7. The van der Waals surface area contributed by atoms with Crippen LogP contribution in [0.3, 0.4) is 0 Å². The molecule has 10 heteroatoms. The van der Waals surface area contributed by atoms with E-state index in [0.717, 1.165) is 0 Å². The van der Waals surface area contributed by atoms with E-state index in [0.29, 0.717) is 42.4 Å². The minimum Gasteiger partial charge on any atom is -0.477 e. The van der Waals surface area contributed by atoms with Crippen molar-refractivity contribution < 1.29 is 33.3 Å². The van der Waals surface area contributed by atoms with Gasteiger partial charge in [-0.15, -0.1) is 0 Å². The Balaban J connectivity index is 1.39. The SMILES string of the molecule is CC(C)(C)OC(=O)N1CCC(Nc2cnc(Oc3ccc(Oc4cccc(F)c4)cc3)c(C(=O)O)c2)C1. The fourth-order valence-corrected chi connectivity index (χ4v) is 3.73. The number of aromatic nitrogens is 1. The number of carbonyl (C=O) groups is 2. The lowest BCUT2D eigenvalue weighted by molar-refractivity contribution is 0.0293. The van der Waals surface area contributed by atoms with Crippen LogP contribution in [0.15, 0.2) is 60.8 Å². The van der Waals surface area contributed by atoms with Crippen LogP contribution in [0, 0.1) is 5.82 Å². The third-order valence-electron chi connectivity index (χ3n) is 5.36. The Morgan fingerprint density at radius 1 is 1.05 bits per heavy atom. The molecule has 1 fully saturated rings. The molecule has 0 aliphatic carbocycles. The van der Waals surface area contributed by atoms with Gasteiger partial charge in [-0.25, -0.2) is 19.0 Å². The summed E-state index contributed by atoms with van der Waals surface area (Å²) in [4.78, 5) is 30.0. The minimum absolute atomic E-state index is 0.0707. The molecule has 4 rings (SSSR count).